The van der Waals surface area contributed by atoms with Crippen molar-refractivity contribution in [3.05, 3.63) is 24.3 Å². The van der Waals surface area contributed by atoms with E-state index in [1.807, 2.05) is 29.2 Å². The van der Waals surface area contributed by atoms with Crippen molar-refractivity contribution in [3.63, 3.8) is 0 Å². The van der Waals surface area contributed by atoms with E-state index in [0.717, 1.165) is 69.8 Å². The van der Waals surface area contributed by atoms with Gasteiger partial charge in [0.25, 0.3) is 6.47 Å². The summed E-state index contributed by atoms with van der Waals surface area (Å²) in [4.78, 5) is 29.8. The molecule has 1 unspecified atom stereocenters. The summed E-state index contributed by atoms with van der Waals surface area (Å²) in [5.74, 6) is 1.97. The highest BCUT2D eigenvalue weighted by atomic mass is 16.5. The van der Waals surface area contributed by atoms with Crippen molar-refractivity contribution in [2.45, 2.75) is 19.3 Å². The number of aliphatic hydroxyl groups excluding tert-OH is 1. The molecule has 2 fully saturated rings. The fraction of sp³-hybridized carbons (Fsp3) is 0.565. The van der Waals surface area contributed by atoms with Crippen LogP contribution in [0, 0.1) is 11.8 Å². The average molecular weight is 476 g/mol. The van der Waals surface area contributed by atoms with Crippen LogP contribution in [0.15, 0.2) is 28.8 Å². The van der Waals surface area contributed by atoms with E-state index in [1.54, 1.807) is 7.11 Å². The van der Waals surface area contributed by atoms with Gasteiger partial charge in [0, 0.05) is 44.2 Å². The molecule has 11 nitrogen and oxygen atoms in total. The Morgan fingerprint density at radius 2 is 1.94 bits per heavy atom. The van der Waals surface area contributed by atoms with Crippen molar-refractivity contribution in [1.29, 1.82) is 0 Å². The van der Waals surface area contributed by atoms with Crippen LogP contribution in [0.5, 0.6) is 5.75 Å². The van der Waals surface area contributed by atoms with Crippen molar-refractivity contribution in [3.8, 4) is 17.1 Å². The highest BCUT2D eigenvalue weighted by molar-refractivity contribution is 5.79. The minimum absolute atomic E-state index is 0.0233. The number of aromatic nitrogens is 2. The first kappa shape index (κ1) is 25.4. The highest BCUT2D eigenvalue weighted by Crippen LogP contribution is 2.26. The van der Waals surface area contributed by atoms with Gasteiger partial charge in [0.2, 0.25) is 11.7 Å². The van der Waals surface area contributed by atoms with Gasteiger partial charge in [0.1, 0.15) is 5.75 Å². The van der Waals surface area contributed by atoms with Gasteiger partial charge in [0.15, 0.2) is 0 Å². The number of hydrogen-bond acceptors (Lipinski definition) is 9. The molecule has 3 heterocycles. The summed E-state index contributed by atoms with van der Waals surface area (Å²) >= 11 is 0. The van der Waals surface area contributed by atoms with Gasteiger partial charge in [-0.2, -0.15) is 4.98 Å². The number of rotatable bonds is 8. The lowest BCUT2D eigenvalue weighted by Crippen LogP contribution is -2.42. The first-order chi connectivity index (χ1) is 16.6. The van der Waals surface area contributed by atoms with E-state index in [4.69, 9.17) is 24.3 Å². The molecule has 0 aliphatic carbocycles. The zero-order valence-electron chi connectivity index (χ0n) is 19.4. The van der Waals surface area contributed by atoms with Crippen LogP contribution in [0.25, 0.3) is 11.4 Å². The number of carbonyl (C=O) groups excluding carboxylic acids is 1. The summed E-state index contributed by atoms with van der Waals surface area (Å²) in [6.45, 7) is 4.77. The third-order valence-electron chi connectivity index (χ3n) is 6.25. The molecule has 1 amide bonds. The van der Waals surface area contributed by atoms with Gasteiger partial charge in [-0.15, -0.1) is 0 Å². The van der Waals surface area contributed by atoms with Gasteiger partial charge in [-0.25, -0.2) is 0 Å². The monoisotopic (exact) mass is 475 g/mol. The van der Waals surface area contributed by atoms with Crippen LogP contribution in [-0.4, -0.2) is 90.6 Å². The maximum absolute atomic E-state index is 12.6. The number of anilines is 1. The SMILES string of the molecule is COc1ccc(-c2noc(N3CCC(C(=O)NCC4CCN(CCO)C4)CC3)n2)cc1.O=CO. The van der Waals surface area contributed by atoms with Gasteiger partial charge in [-0.05, 0) is 56.0 Å². The van der Waals surface area contributed by atoms with Crippen LogP contribution in [-0.2, 0) is 9.59 Å². The van der Waals surface area contributed by atoms with E-state index in [9.17, 15) is 4.79 Å². The van der Waals surface area contributed by atoms with Gasteiger partial charge < -0.3 is 34.6 Å². The lowest BCUT2D eigenvalue weighted by atomic mass is 9.96. The lowest BCUT2D eigenvalue weighted by molar-refractivity contribution is -0.126. The number of nitrogens with zero attached hydrogens (tertiary/aromatic N) is 4. The number of ether oxygens (including phenoxy) is 1. The molecule has 4 rings (SSSR count). The molecule has 186 valence electrons. The maximum atomic E-state index is 12.6. The molecular formula is C23H33N5O6. The number of likely N-dealkylation sites (tertiary alicyclic amines) is 1. The predicted molar refractivity (Wildman–Crippen MR) is 125 cm³/mol. The third-order valence-corrected chi connectivity index (χ3v) is 6.25. The summed E-state index contributed by atoms with van der Waals surface area (Å²) in [6.07, 6.45) is 2.62. The first-order valence-corrected chi connectivity index (χ1v) is 11.5. The zero-order valence-corrected chi connectivity index (χ0v) is 19.4. The van der Waals surface area contributed by atoms with Crippen LogP contribution in [0.4, 0.5) is 6.01 Å². The number of β-amino-alcohol motifs (C(OH)–C–C–N with tert-alkyl or cyclic N) is 1. The fourth-order valence-corrected chi connectivity index (χ4v) is 4.35. The molecule has 3 N–H and O–H groups in total. The Kier molecular flexibility index (Phi) is 9.65. The second-order valence-electron chi connectivity index (χ2n) is 8.42. The molecule has 0 bridgehead atoms. The summed E-state index contributed by atoms with van der Waals surface area (Å²) in [7, 11) is 1.63. The second-order valence-corrected chi connectivity index (χ2v) is 8.42. The molecule has 2 aliphatic rings. The molecule has 2 aliphatic heterocycles. The van der Waals surface area contributed by atoms with Crippen LogP contribution < -0.4 is 15.0 Å². The molecule has 2 aromatic rings. The summed E-state index contributed by atoms with van der Waals surface area (Å²) in [6, 6.07) is 8.03. The smallest absolute Gasteiger partial charge is 0.324 e. The Bertz CT molecular complexity index is 898. The zero-order chi connectivity index (χ0) is 24.3. The minimum Gasteiger partial charge on any atom is -0.497 e. The molecule has 34 heavy (non-hydrogen) atoms. The summed E-state index contributed by atoms with van der Waals surface area (Å²) in [5.41, 5.74) is 0.870. The number of carbonyl (C=O) groups is 2. The van der Waals surface area contributed by atoms with Crippen LogP contribution >= 0.6 is 0 Å². The normalized spacial score (nSPS) is 18.8. The second kappa shape index (κ2) is 12.9. The standard InChI is InChI=1S/C22H31N5O4.CH2O2/c1-30-19-4-2-17(3-5-19)20-24-22(31-25-20)27-10-7-18(8-11-27)21(29)23-14-16-6-9-26(15-16)12-13-28;2-1-3/h2-5,16,18,28H,6-15H2,1H3,(H,23,29);1H,(H,2,3). The fourth-order valence-electron chi connectivity index (χ4n) is 4.35. The predicted octanol–water partition coefficient (Wildman–Crippen LogP) is 1.09. The number of nitrogens with one attached hydrogen (secondary N) is 1. The van der Waals surface area contributed by atoms with Crippen molar-refractivity contribution in [2.75, 3.05) is 57.9 Å². The van der Waals surface area contributed by atoms with Gasteiger partial charge in [-0.1, -0.05) is 5.16 Å². The Balaban J connectivity index is 0.00000103. The first-order valence-electron chi connectivity index (χ1n) is 11.5. The number of hydrogen-bond donors (Lipinski definition) is 3. The summed E-state index contributed by atoms with van der Waals surface area (Å²) in [5, 5.41) is 23.2. The maximum Gasteiger partial charge on any atom is 0.324 e. The Morgan fingerprint density at radius 1 is 1.24 bits per heavy atom. The number of piperidine rings is 1. The minimum atomic E-state index is -0.250. The van der Waals surface area contributed by atoms with Gasteiger partial charge in [0.05, 0.1) is 13.7 Å². The number of carboxylic acid groups (broad SMARTS) is 1. The molecule has 11 heteroatoms. The molecule has 1 aromatic heterocycles. The lowest BCUT2D eigenvalue weighted by Gasteiger charge is -2.30. The van der Waals surface area contributed by atoms with Crippen molar-refractivity contribution in [2.24, 2.45) is 11.8 Å². The van der Waals surface area contributed by atoms with Crippen molar-refractivity contribution in [1.82, 2.24) is 20.4 Å². The number of amides is 1. The molecule has 1 aromatic carbocycles. The molecule has 0 radical (unpaired) electrons. The summed E-state index contributed by atoms with van der Waals surface area (Å²) < 4.78 is 10.6. The highest BCUT2D eigenvalue weighted by Gasteiger charge is 2.29. The van der Waals surface area contributed by atoms with E-state index in [2.05, 4.69) is 20.4 Å². The van der Waals surface area contributed by atoms with E-state index < -0.39 is 0 Å². The van der Waals surface area contributed by atoms with Gasteiger partial charge >= 0.3 is 6.01 Å². The third kappa shape index (κ3) is 6.91. The number of benzene rings is 1. The van der Waals surface area contributed by atoms with E-state index in [0.29, 0.717) is 17.8 Å². The van der Waals surface area contributed by atoms with Crippen molar-refractivity contribution < 1.29 is 29.1 Å². The quantitative estimate of drug-likeness (QED) is 0.475. The van der Waals surface area contributed by atoms with E-state index in [1.165, 1.54) is 0 Å². The van der Waals surface area contributed by atoms with E-state index in [-0.39, 0.29) is 24.9 Å². The Labute approximate surface area is 198 Å². The van der Waals surface area contributed by atoms with Crippen LogP contribution in [0.1, 0.15) is 19.3 Å². The number of aliphatic hydroxyl groups is 1. The van der Waals surface area contributed by atoms with Crippen molar-refractivity contribution >= 4 is 18.4 Å². The molecular weight excluding hydrogens is 442 g/mol. The molecule has 0 saturated carbocycles. The molecule has 1 atom stereocenters. The Hall–Kier alpha value is -3.18. The molecule has 0 spiro atoms. The largest absolute Gasteiger partial charge is 0.497 e. The van der Waals surface area contributed by atoms with E-state index >= 15 is 0 Å². The Morgan fingerprint density at radius 3 is 2.59 bits per heavy atom. The van der Waals surface area contributed by atoms with Gasteiger partial charge in [-0.3, -0.25) is 9.59 Å². The van der Waals surface area contributed by atoms with Crippen LogP contribution in [0.3, 0.4) is 0 Å². The average Bonchev–Trinajstić information content (AvgIpc) is 3.54. The number of methoxy groups -OCH3 is 1. The molecule has 2 saturated heterocycles. The topological polar surface area (TPSA) is 141 Å². The van der Waals surface area contributed by atoms with Crippen LogP contribution in [0.2, 0.25) is 0 Å².